The average Bonchev–Trinajstić information content (AvgIpc) is 2.79. The zero-order valence-electron chi connectivity index (χ0n) is 18.5. The molecule has 0 amide bonds. The fourth-order valence-electron chi connectivity index (χ4n) is 2.98. The van der Waals surface area contributed by atoms with Gasteiger partial charge in [-0.15, -0.1) is 0 Å². The predicted octanol–water partition coefficient (Wildman–Crippen LogP) is 5.76. The quantitative estimate of drug-likeness (QED) is 0.610. The Hall–Kier alpha value is -2.66. The molecule has 1 aliphatic carbocycles. The summed E-state index contributed by atoms with van der Waals surface area (Å²) in [6.45, 7) is 8.16. The number of carbonyl (C=O) groups is 1. The van der Waals surface area contributed by atoms with Crippen molar-refractivity contribution in [3.05, 3.63) is 69.6 Å². The molecule has 154 valence electrons. The summed E-state index contributed by atoms with van der Waals surface area (Å²) >= 11 is 0. The van der Waals surface area contributed by atoms with Gasteiger partial charge in [-0.3, -0.25) is 4.79 Å². The minimum Gasteiger partial charge on any atom is -0.294 e. The first-order chi connectivity index (χ1) is 14.1. The minimum absolute atomic E-state index is 0.255. The van der Waals surface area contributed by atoms with E-state index in [1.807, 2.05) is 44.2 Å². The molecule has 0 radical (unpaired) electrons. The van der Waals surface area contributed by atoms with Crippen molar-refractivity contribution < 1.29 is 4.79 Å². The van der Waals surface area contributed by atoms with Crippen LogP contribution in [0.1, 0.15) is 81.3 Å². The molecule has 0 N–H and O–H groups in total. The molecule has 29 heavy (non-hydrogen) atoms. The van der Waals surface area contributed by atoms with Gasteiger partial charge < -0.3 is 0 Å². The van der Waals surface area contributed by atoms with Crippen LogP contribution in [0, 0.1) is 11.3 Å². The van der Waals surface area contributed by atoms with E-state index in [2.05, 4.69) is 44.2 Å². The molecule has 0 saturated carbocycles. The van der Waals surface area contributed by atoms with Gasteiger partial charge in [-0.1, -0.05) is 82.3 Å². The number of rotatable bonds is 5. The Labute approximate surface area is 176 Å². The van der Waals surface area contributed by atoms with E-state index >= 15 is 0 Å². The molecule has 0 unspecified atom stereocenters. The normalized spacial score (nSPS) is 11.1. The number of fused-ring (bicyclic) bond motifs is 1. The predicted molar refractivity (Wildman–Crippen MR) is 124 cm³/mol. The largest absolute Gasteiger partial charge is 0.294 e. The van der Waals surface area contributed by atoms with Crippen LogP contribution in [-0.2, 0) is 12.8 Å². The number of nitrogens with zero attached hydrogens (tertiary/aromatic N) is 1. The van der Waals surface area contributed by atoms with Crippen LogP contribution in [0.25, 0.3) is 12.2 Å². The van der Waals surface area contributed by atoms with Crippen molar-refractivity contribution in [2.24, 2.45) is 0 Å². The molecule has 0 bridgehead atoms. The second-order valence-corrected chi connectivity index (χ2v) is 7.04. The highest BCUT2D eigenvalue weighted by Gasteiger charge is 2.02. The van der Waals surface area contributed by atoms with Crippen molar-refractivity contribution in [2.45, 2.75) is 72.6 Å². The molecular formula is C27H35NO. The van der Waals surface area contributed by atoms with E-state index in [1.54, 1.807) is 0 Å². The van der Waals surface area contributed by atoms with Gasteiger partial charge in [-0.2, -0.15) is 5.26 Å². The maximum absolute atomic E-state index is 11.4. The molecule has 2 aromatic rings. The monoisotopic (exact) mass is 389 g/mol. The SMILES string of the molecule is CCC#N.CCCC(=O)c1ccc(CC)cc1.CCc1ccc2c(c1)=CCCC=2. The first-order valence-electron chi connectivity index (χ1n) is 10.9. The molecule has 0 heterocycles. The topological polar surface area (TPSA) is 40.9 Å². The van der Waals surface area contributed by atoms with Gasteiger partial charge in [0.1, 0.15) is 0 Å². The average molecular weight is 390 g/mol. The smallest absolute Gasteiger partial charge is 0.162 e. The molecule has 3 rings (SSSR count). The molecule has 0 spiro atoms. The van der Waals surface area contributed by atoms with E-state index in [9.17, 15) is 4.79 Å². The van der Waals surface area contributed by atoms with E-state index < -0.39 is 0 Å². The first kappa shape index (κ1) is 24.4. The van der Waals surface area contributed by atoms with Crippen LogP contribution in [0.4, 0.5) is 0 Å². The second kappa shape index (κ2) is 14.4. The summed E-state index contributed by atoms with van der Waals surface area (Å²) in [5.41, 5.74) is 3.58. The van der Waals surface area contributed by atoms with Crippen molar-refractivity contribution in [3.63, 3.8) is 0 Å². The summed E-state index contributed by atoms with van der Waals surface area (Å²) < 4.78 is 0. The third kappa shape index (κ3) is 8.92. The second-order valence-electron chi connectivity index (χ2n) is 7.04. The molecule has 2 aromatic carbocycles. The maximum Gasteiger partial charge on any atom is 0.162 e. The van der Waals surface area contributed by atoms with Crippen LogP contribution in [0.3, 0.4) is 0 Å². The van der Waals surface area contributed by atoms with Gasteiger partial charge in [0.25, 0.3) is 0 Å². The lowest BCUT2D eigenvalue weighted by Crippen LogP contribution is -2.26. The van der Waals surface area contributed by atoms with E-state index in [4.69, 9.17) is 5.26 Å². The third-order valence-corrected chi connectivity index (χ3v) is 4.77. The minimum atomic E-state index is 0.255. The number of carbonyl (C=O) groups excluding carboxylic acids is 1. The fourth-order valence-corrected chi connectivity index (χ4v) is 2.98. The standard InChI is InChI=1S/C12H16O.C12H14.C3H5N/c1-3-5-12(13)11-8-6-10(4-2)7-9-11;1-2-10-7-8-11-5-3-4-6-12(11)9-10;1-2-3-4/h6-9H,3-5H2,1-2H3;5-9H,2-4H2,1H3;2H2,1H3. The van der Waals surface area contributed by atoms with Gasteiger partial charge in [-0.25, -0.2) is 0 Å². The molecule has 1 aliphatic rings. The van der Waals surface area contributed by atoms with E-state index in [1.165, 1.54) is 34.4 Å². The van der Waals surface area contributed by atoms with Crippen molar-refractivity contribution in [3.8, 4) is 6.07 Å². The highest BCUT2D eigenvalue weighted by Crippen LogP contribution is 2.08. The van der Waals surface area contributed by atoms with Gasteiger partial charge in [0.05, 0.1) is 6.07 Å². The highest BCUT2D eigenvalue weighted by atomic mass is 16.1. The number of Topliss-reactive ketones (excluding diaryl/α,β-unsaturated/α-hetero) is 1. The van der Waals surface area contributed by atoms with Crippen LogP contribution in [-0.4, -0.2) is 5.78 Å². The third-order valence-electron chi connectivity index (χ3n) is 4.77. The van der Waals surface area contributed by atoms with E-state index in [0.29, 0.717) is 12.8 Å². The van der Waals surface area contributed by atoms with E-state index in [-0.39, 0.29) is 5.78 Å². The number of ketones is 1. The molecule has 2 nitrogen and oxygen atoms in total. The Kier molecular flexibility index (Phi) is 12.1. The summed E-state index contributed by atoms with van der Waals surface area (Å²) in [6, 6.07) is 16.6. The lowest BCUT2D eigenvalue weighted by atomic mass is 10.0. The van der Waals surface area contributed by atoms with Crippen LogP contribution < -0.4 is 10.4 Å². The van der Waals surface area contributed by atoms with Gasteiger partial charge in [0.15, 0.2) is 5.78 Å². The summed E-state index contributed by atoms with van der Waals surface area (Å²) in [5, 5.41) is 10.5. The summed E-state index contributed by atoms with van der Waals surface area (Å²) in [5.74, 6) is 0.255. The molecule has 0 aliphatic heterocycles. The van der Waals surface area contributed by atoms with Crippen LogP contribution >= 0.6 is 0 Å². The summed E-state index contributed by atoms with van der Waals surface area (Å²) in [6.07, 6.45) is 11.5. The number of hydrogen-bond donors (Lipinski definition) is 0. The summed E-state index contributed by atoms with van der Waals surface area (Å²) in [7, 11) is 0. The zero-order chi connectivity index (χ0) is 21.5. The lowest BCUT2D eigenvalue weighted by Gasteiger charge is -2.01. The van der Waals surface area contributed by atoms with Crippen LogP contribution in [0.15, 0.2) is 42.5 Å². The van der Waals surface area contributed by atoms with Gasteiger partial charge in [0.2, 0.25) is 0 Å². The van der Waals surface area contributed by atoms with Crippen molar-refractivity contribution in [1.82, 2.24) is 0 Å². The number of benzene rings is 2. The Morgan fingerprint density at radius 1 is 0.862 bits per heavy atom. The Bertz CT molecular complexity index is 901. The fraction of sp³-hybridized carbons (Fsp3) is 0.407. The number of nitriles is 1. The highest BCUT2D eigenvalue weighted by molar-refractivity contribution is 5.95. The molecule has 0 aromatic heterocycles. The number of hydrogen-bond acceptors (Lipinski definition) is 2. The van der Waals surface area contributed by atoms with Crippen LogP contribution in [0.2, 0.25) is 0 Å². The first-order valence-corrected chi connectivity index (χ1v) is 10.9. The zero-order valence-corrected chi connectivity index (χ0v) is 18.5. The Balaban J connectivity index is 0.000000246. The van der Waals surface area contributed by atoms with E-state index in [0.717, 1.165) is 24.8 Å². The Morgan fingerprint density at radius 2 is 1.41 bits per heavy atom. The van der Waals surface area contributed by atoms with Gasteiger partial charge >= 0.3 is 0 Å². The van der Waals surface area contributed by atoms with Gasteiger partial charge in [0, 0.05) is 18.4 Å². The van der Waals surface area contributed by atoms with Crippen LogP contribution in [0.5, 0.6) is 0 Å². The summed E-state index contributed by atoms with van der Waals surface area (Å²) in [4.78, 5) is 11.4. The van der Waals surface area contributed by atoms with Crippen molar-refractivity contribution in [1.29, 1.82) is 5.26 Å². The molecule has 2 heteroatoms. The van der Waals surface area contributed by atoms with Crippen molar-refractivity contribution in [2.75, 3.05) is 0 Å². The molecule has 0 atom stereocenters. The molecule has 0 saturated heterocycles. The maximum atomic E-state index is 11.4. The lowest BCUT2D eigenvalue weighted by molar-refractivity contribution is 0.0981. The van der Waals surface area contributed by atoms with Gasteiger partial charge in [-0.05, 0) is 53.7 Å². The molecule has 0 fully saturated rings. The van der Waals surface area contributed by atoms with Crippen molar-refractivity contribution >= 4 is 17.9 Å². The Morgan fingerprint density at radius 3 is 1.93 bits per heavy atom. The number of aryl methyl sites for hydroxylation is 2. The molecular weight excluding hydrogens is 354 g/mol.